The van der Waals surface area contributed by atoms with Crippen molar-refractivity contribution in [2.45, 2.75) is 83.0 Å². The first kappa shape index (κ1) is 32.2. The third-order valence-corrected chi connectivity index (χ3v) is 5.48. The SMILES string of the molecule is CCC(C)C(N)C(=O)NC(CCC(N)=O)C(=O)NC(CCC(N)=O)C(=O)NC(CCC(N)=O)C(=O)O. The maximum absolute atomic E-state index is 13.0. The summed E-state index contributed by atoms with van der Waals surface area (Å²) in [5, 5.41) is 16.3. The Morgan fingerprint density at radius 1 is 0.667 bits per heavy atom. The summed E-state index contributed by atoms with van der Waals surface area (Å²) in [6.07, 6.45) is -1.16. The van der Waals surface area contributed by atoms with E-state index in [4.69, 9.17) is 22.9 Å². The van der Waals surface area contributed by atoms with Gasteiger partial charge < -0.3 is 44.0 Å². The molecule has 204 valence electrons. The molecule has 0 aliphatic carbocycles. The maximum atomic E-state index is 13.0. The molecule has 0 saturated carbocycles. The number of hydrogen-bond acceptors (Lipinski definition) is 8. The van der Waals surface area contributed by atoms with Gasteiger partial charge in [-0.1, -0.05) is 20.3 Å². The number of nitrogens with one attached hydrogen (secondary N) is 3. The van der Waals surface area contributed by atoms with Crippen LogP contribution in [0.15, 0.2) is 0 Å². The van der Waals surface area contributed by atoms with Gasteiger partial charge in [-0.15, -0.1) is 0 Å². The number of amides is 6. The van der Waals surface area contributed by atoms with Crippen molar-refractivity contribution in [2.75, 3.05) is 0 Å². The van der Waals surface area contributed by atoms with Gasteiger partial charge in [0.05, 0.1) is 6.04 Å². The Labute approximate surface area is 208 Å². The summed E-state index contributed by atoms with van der Waals surface area (Å²) in [5.74, 6) is -6.50. The summed E-state index contributed by atoms with van der Waals surface area (Å²) in [6, 6.07) is -5.20. The third kappa shape index (κ3) is 12.6. The lowest BCUT2D eigenvalue weighted by molar-refractivity contribution is -0.142. The van der Waals surface area contributed by atoms with Crippen LogP contribution in [0.1, 0.15) is 58.8 Å². The first-order valence-corrected chi connectivity index (χ1v) is 11.4. The zero-order valence-corrected chi connectivity index (χ0v) is 20.5. The van der Waals surface area contributed by atoms with Crippen molar-refractivity contribution < 1.29 is 38.7 Å². The predicted molar refractivity (Wildman–Crippen MR) is 126 cm³/mol. The van der Waals surface area contributed by atoms with Crippen LogP contribution in [0.2, 0.25) is 0 Å². The van der Waals surface area contributed by atoms with Gasteiger partial charge >= 0.3 is 5.97 Å². The van der Waals surface area contributed by atoms with Crippen LogP contribution in [-0.4, -0.2) is 70.7 Å². The van der Waals surface area contributed by atoms with Crippen molar-refractivity contribution in [1.82, 2.24) is 16.0 Å². The van der Waals surface area contributed by atoms with Crippen LogP contribution in [0.3, 0.4) is 0 Å². The molecule has 0 bridgehead atoms. The van der Waals surface area contributed by atoms with E-state index in [1.54, 1.807) is 6.92 Å². The monoisotopic (exact) mass is 515 g/mol. The number of carboxylic acids is 1. The maximum Gasteiger partial charge on any atom is 0.326 e. The zero-order valence-electron chi connectivity index (χ0n) is 20.5. The quantitative estimate of drug-likeness (QED) is 0.0905. The minimum absolute atomic E-state index is 0.208. The molecule has 0 heterocycles. The van der Waals surface area contributed by atoms with E-state index in [1.807, 2.05) is 6.92 Å². The molecule has 0 aromatic carbocycles. The highest BCUT2D eigenvalue weighted by Gasteiger charge is 2.31. The number of primary amides is 3. The van der Waals surface area contributed by atoms with Crippen LogP contribution in [0.5, 0.6) is 0 Å². The number of rotatable bonds is 18. The minimum Gasteiger partial charge on any atom is -0.480 e. The van der Waals surface area contributed by atoms with E-state index in [-0.39, 0.29) is 44.4 Å². The Balaban J connectivity index is 5.68. The van der Waals surface area contributed by atoms with Crippen LogP contribution < -0.4 is 38.9 Å². The molecule has 15 nitrogen and oxygen atoms in total. The molecule has 5 atom stereocenters. The molecule has 0 saturated heterocycles. The van der Waals surface area contributed by atoms with Gasteiger partial charge in [0, 0.05) is 19.3 Å². The Bertz CT molecular complexity index is 835. The molecular weight excluding hydrogens is 478 g/mol. The average Bonchev–Trinajstić information content (AvgIpc) is 2.79. The summed E-state index contributed by atoms with van der Waals surface area (Å²) in [5.41, 5.74) is 21.2. The normalized spacial score (nSPS) is 14.9. The fraction of sp³-hybridized carbons (Fsp3) is 0.667. The smallest absolute Gasteiger partial charge is 0.326 e. The minimum atomic E-state index is -1.50. The third-order valence-electron chi connectivity index (χ3n) is 5.48. The summed E-state index contributed by atoms with van der Waals surface area (Å²) in [7, 11) is 0. The molecule has 6 amide bonds. The molecule has 0 spiro atoms. The molecular formula is C21H37N7O8. The average molecular weight is 516 g/mol. The fourth-order valence-corrected chi connectivity index (χ4v) is 2.98. The van der Waals surface area contributed by atoms with Gasteiger partial charge in [-0.05, 0) is 25.2 Å². The molecule has 0 radical (unpaired) electrons. The lowest BCUT2D eigenvalue weighted by Crippen LogP contribution is -2.57. The van der Waals surface area contributed by atoms with Gasteiger partial charge in [0.2, 0.25) is 35.4 Å². The van der Waals surface area contributed by atoms with Crippen molar-refractivity contribution >= 4 is 41.4 Å². The summed E-state index contributed by atoms with van der Waals surface area (Å²) >= 11 is 0. The number of carbonyl (C=O) groups is 7. The van der Waals surface area contributed by atoms with Gasteiger partial charge in [-0.2, -0.15) is 0 Å². The Morgan fingerprint density at radius 2 is 1.00 bits per heavy atom. The Morgan fingerprint density at radius 3 is 1.33 bits per heavy atom. The number of hydrogen-bond donors (Lipinski definition) is 8. The number of nitrogens with two attached hydrogens (primary N) is 4. The van der Waals surface area contributed by atoms with E-state index < -0.39 is 65.6 Å². The first-order valence-electron chi connectivity index (χ1n) is 11.4. The van der Waals surface area contributed by atoms with Crippen molar-refractivity contribution in [1.29, 1.82) is 0 Å². The molecule has 15 heteroatoms. The van der Waals surface area contributed by atoms with Crippen molar-refractivity contribution in [3.05, 3.63) is 0 Å². The lowest BCUT2D eigenvalue weighted by Gasteiger charge is -2.26. The van der Waals surface area contributed by atoms with E-state index in [9.17, 15) is 38.7 Å². The Kier molecular flexibility index (Phi) is 14.4. The summed E-state index contributed by atoms with van der Waals surface area (Å²) < 4.78 is 0. The van der Waals surface area contributed by atoms with E-state index >= 15 is 0 Å². The van der Waals surface area contributed by atoms with Crippen LogP contribution in [0.4, 0.5) is 0 Å². The van der Waals surface area contributed by atoms with Crippen molar-refractivity contribution in [3.8, 4) is 0 Å². The zero-order chi connectivity index (χ0) is 28.0. The van der Waals surface area contributed by atoms with E-state index in [2.05, 4.69) is 16.0 Å². The molecule has 0 aromatic heterocycles. The number of aliphatic carboxylic acids is 1. The fourth-order valence-electron chi connectivity index (χ4n) is 2.98. The Hall–Kier alpha value is -3.75. The second-order valence-corrected chi connectivity index (χ2v) is 8.45. The molecule has 12 N–H and O–H groups in total. The van der Waals surface area contributed by atoms with Gasteiger partial charge in [0.25, 0.3) is 0 Å². The molecule has 0 aliphatic rings. The number of carboxylic acid groups (broad SMARTS) is 1. The van der Waals surface area contributed by atoms with Crippen LogP contribution >= 0.6 is 0 Å². The first-order chi connectivity index (χ1) is 16.7. The molecule has 0 fully saturated rings. The van der Waals surface area contributed by atoms with Gasteiger partial charge in [-0.25, -0.2) is 4.79 Å². The highest BCUT2D eigenvalue weighted by Crippen LogP contribution is 2.08. The van der Waals surface area contributed by atoms with Crippen LogP contribution in [-0.2, 0) is 33.6 Å². The van der Waals surface area contributed by atoms with E-state index in [0.717, 1.165) is 0 Å². The highest BCUT2D eigenvalue weighted by atomic mass is 16.4. The van der Waals surface area contributed by atoms with Crippen molar-refractivity contribution in [2.24, 2.45) is 28.9 Å². The second-order valence-electron chi connectivity index (χ2n) is 8.45. The molecule has 0 aromatic rings. The summed E-state index contributed by atoms with van der Waals surface area (Å²) in [6.45, 7) is 3.56. The summed E-state index contributed by atoms with van der Waals surface area (Å²) in [4.78, 5) is 83.2. The molecule has 36 heavy (non-hydrogen) atoms. The van der Waals surface area contributed by atoms with E-state index in [1.165, 1.54) is 0 Å². The molecule has 5 unspecified atom stereocenters. The van der Waals surface area contributed by atoms with Crippen LogP contribution in [0, 0.1) is 5.92 Å². The topological polar surface area (TPSA) is 280 Å². The largest absolute Gasteiger partial charge is 0.480 e. The molecule has 0 rings (SSSR count). The second kappa shape index (κ2) is 16.0. The van der Waals surface area contributed by atoms with E-state index in [0.29, 0.717) is 6.42 Å². The predicted octanol–water partition coefficient (Wildman–Crippen LogP) is -3.30. The van der Waals surface area contributed by atoms with Gasteiger partial charge in [0.1, 0.15) is 18.1 Å². The van der Waals surface area contributed by atoms with Gasteiger partial charge in [-0.3, -0.25) is 28.8 Å². The standard InChI is InChI=1S/C21H37N7O8/c1-3-10(2)17(25)20(34)27-12(5-8-15(23)30)18(32)26-11(4-7-14(22)29)19(33)28-13(21(35)36)6-9-16(24)31/h10-13,17H,3-9,25H2,1-2H3,(H2,22,29)(H2,23,30)(H2,24,31)(H,26,32)(H,27,34)(H,28,33)(H,35,36). The molecule has 0 aliphatic heterocycles. The van der Waals surface area contributed by atoms with Crippen molar-refractivity contribution in [3.63, 3.8) is 0 Å². The number of carbonyl (C=O) groups excluding carboxylic acids is 6. The highest BCUT2D eigenvalue weighted by molar-refractivity contribution is 5.94. The van der Waals surface area contributed by atoms with Crippen LogP contribution in [0.25, 0.3) is 0 Å². The van der Waals surface area contributed by atoms with Gasteiger partial charge in [0.15, 0.2) is 0 Å². The lowest BCUT2D eigenvalue weighted by atomic mass is 9.98.